The van der Waals surface area contributed by atoms with Crippen LogP contribution in [0.3, 0.4) is 0 Å². The molecule has 4 rings (SSSR count). The van der Waals surface area contributed by atoms with Gasteiger partial charge in [-0.05, 0) is 92.4 Å². The Hall–Kier alpha value is -2.18. The van der Waals surface area contributed by atoms with E-state index in [4.69, 9.17) is 11.6 Å². The van der Waals surface area contributed by atoms with Gasteiger partial charge in [-0.2, -0.15) is 4.98 Å². The van der Waals surface area contributed by atoms with Gasteiger partial charge >= 0.3 is 0 Å². The van der Waals surface area contributed by atoms with Crippen LogP contribution in [-0.4, -0.2) is 34.2 Å². The summed E-state index contributed by atoms with van der Waals surface area (Å²) in [6, 6.07) is 6.44. The summed E-state index contributed by atoms with van der Waals surface area (Å²) in [6.45, 7) is 2.12. The van der Waals surface area contributed by atoms with Crippen LogP contribution in [-0.2, 0) is 0 Å². The fraction of sp³-hybridized carbons (Fsp3) is 0.450. The van der Waals surface area contributed by atoms with Crippen molar-refractivity contribution in [3.8, 4) is 0 Å². The Morgan fingerprint density at radius 3 is 2.78 bits per heavy atom. The Bertz CT molecular complexity index is 854. The first-order valence-corrected chi connectivity index (χ1v) is 10.0. The van der Waals surface area contributed by atoms with Crippen LogP contribution in [0, 0.1) is 0 Å². The minimum atomic E-state index is -0.356. The Balaban J connectivity index is 1.64. The van der Waals surface area contributed by atoms with Gasteiger partial charge in [-0.15, -0.1) is 5.10 Å². The molecule has 142 valence electrons. The molecule has 0 bridgehead atoms. The van der Waals surface area contributed by atoms with E-state index in [2.05, 4.69) is 44.0 Å². The molecule has 2 heterocycles. The minimum Gasteiger partial charge on any atom is -0.319 e. The van der Waals surface area contributed by atoms with Crippen molar-refractivity contribution in [3.63, 3.8) is 0 Å². The number of aromatic nitrogens is 3. The van der Waals surface area contributed by atoms with E-state index in [9.17, 15) is 4.79 Å². The molecule has 27 heavy (non-hydrogen) atoms. The van der Waals surface area contributed by atoms with Crippen molar-refractivity contribution in [2.45, 2.75) is 44.4 Å². The Kier molecular flexibility index (Phi) is 5.55. The number of nitrogens with zero attached hydrogens (tertiary/aromatic N) is 2. The summed E-state index contributed by atoms with van der Waals surface area (Å²) >= 11 is 5.74. The maximum absolute atomic E-state index is 12.5. The van der Waals surface area contributed by atoms with Crippen molar-refractivity contribution in [3.05, 3.63) is 46.5 Å². The van der Waals surface area contributed by atoms with E-state index in [1.165, 1.54) is 24.0 Å². The lowest BCUT2D eigenvalue weighted by Gasteiger charge is -2.25. The molecular formula is C20H24ClN5O. The second kappa shape index (κ2) is 8.23. The Morgan fingerprint density at radius 2 is 2.07 bits per heavy atom. The van der Waals surface area contributed by atoms with Crippen LogP contribution in [0.1, 0.15) is 66.2 Å². The van der Waals surface area contributed by atoms with E-state index in [0.717, 1.165) is 50.0 Å². The second-order valence-electron chi connectivity index (χ2n) is 7.21. The molecule has 1 saturated heterocycles. The van der Waals surface area contributed by atoms with Gasteiger partial charge in [0.1, 0.15) is 0 Å². The number of amides is 1. The lowest BCUT2D eigenvalue weighted by atomic mass is 9.86. The number of carbonyl (C=O) groups is 1. The molecule has 3 N–H and O–H groups in total. The topological polar surface area (TPSA) is 82.7 Å². The van der Waals surface area contributed by atoms with Crippen molar-refractivity contribution in [2.75, 3.05) is 18.4 Å². The van der Waals surface area contributed by atoms with Crippen LogP contribution in [0.25, 0.3) is 5.57 Å². The molecule has 1 fully saturated rings. The van der Waals surface area contributed by atoms with Gasteiger partial charge in [-0.25, -0.2) is 5.10 Å². The average molecular weight is 386 g/mol. The van der Waals surface area contributed by atoms with Crippen molar-refractivity contribution in [1.82, 2.24) is 20.5 Å². The van der Waals surface area contributed by atoms with Gasteiger partial charge in [0, 0.05) is 11.3 Å². The molecule has 0 unspecified atom stereocenters. The monoisotopic (exact) mass is 385 g/mol. The van der Waals surface area contributed by atoms with Crippen molar-refractivity contribution in [2.24, 2.45) is 0 Å². The van der Waals surface area contributed by atoms with Crippen LogP contribution in [0.5, 0.6) is 0 Å². The first-order chi connectivity index (χ1) is 13.2. The van der Waals surface area contributed by atoms with Gasteiger partial charge in [0.05, 0.1) is 0 Å². The molecule has 1 aliphatic heterocycles. The number of piperidine rings is 1. The Labute approximate surface area is 163 Å². The quantitative estimate of drug-likeness (QED) is 0.738. The zero-order valence-electron chi connectivity index (χ0n) is 15.2. The van der Waals surface area contributed by atoms with E-state index in [1.807, 2.05) is 6.07 Å². The summed E-state index contributed by atoms with van der Waals surface area (Å²) in [6.07, 6.45) is 9.17. The van der Waals surface area contributed by atoms with Gasteiger partial charge in [0.15, 0.2) is 0 Å². The molecule has 0 atom stereocenters. The van der Waals surface area contributed by atoms with Crippen molar-refractivity contribution >= 4 is 28.8 Å². The normalized spacial score (nSPS) is 18.2. The van der Waals surface area contributed by atoms with E-state index in [1.54, 1.807) is 0 Å². The first kappa shape index (κ1) is 18.2. The van der Waals surface area contributed by atoms with Crippen LogP contribution in [0.4, 0.5) is 5.69 Å². The second-order valence-corrected chi connectivity index (χ2v) is 7.57. The van der Waals surface area contributed by atoms with Crippen molar-refractivity contribution < 1.29 is 4.79 Å². The molecule has 2 aromatic rings. The van der Waals surface area contributed by atoms with Gasteiger partial charge in [0.2, 0.25) is 11.1 Å². The summed E-state index contributed by atoms with van der Waals surface area (Å²) < 4.78 is 0. The molecule has 2 aliphatic rings. The number of benzene rings is 1. The SMILES string of the molecule is O=C(Nc1ccc(C2CCNCC2)cc1C1=CCCCC1)c1n[nH]c(Cl)n1. The summed E-state index contributed by atoms with van der Waals surface area (Å²) in [5, 5.41) is 12.8. The maximum Gasteiger partial charge on any atom is 0.295 e. The number of hydrogen-bond acceptors (Lipinski definition) is 4. The predicted molar refractivity (Wildman–Crippen MR) is 107 cm³/mol. The molecule has 7 heteroatoms. The highest BCUT2D eigenvalue weighted by atomic mass is 35.5. The summed E-state index contributed by atoms with van der Waals surface area (Å²) in [5.74, 6) is 0.266. The van der Waals surface area contributed by atoms with Gasteiger partial charge in [-0.3, -0.25) is 4.79 Å². The van der Waals surface area contributed by atoms with Crippen molar-refractivity contribution in [1.29, 1.82) is 0 Å². The predicted octanol–water partition coefficient (Wildman–Crippen LogP) is 4.13. The molecule has 0 saturated carbocycles. The third-order valence-corrected chi connectivity index (χ3v) is 5.57. The molecule has 1 aliphatic carbocycles. The highest BCUT2D eigenvalue weighted by Gasteiger charge is 2.20. The smallest absolute Gasteiger partial charge is 0.295 e. The van der Waals surface area contributed by atoms with Gasteiger partial charge in [-0.1, -0.05) is 12.1 Å². The van der Waals surface area contributed by atoms with Gasteiger partial charge < -0.3 is 10.6 Å². The lowest BCUT2D eigenvalue weighted by Crippen LogP contribution is -2.26. The number of hydrogen-bond donors (Lipinski definition) is 3. The number of rotatable bonds is 4. The number of nitrogens with one attached hydrogen (secondary N) is 3. The first-order valence-electron chi connectivity index (χ1n) is 9.64. The average Bonchev–Trinajstić information content (AvgIpc) is 3.16. The number of aromatic amines is 1. The summed E-state index contributed by atoms with van der Waals surface area (Å²) in [5.41, 5.74) is 4.62. The van der Waals surface area contributed by atoms with Gasteiger partial charge in [0.25, 0.3) is 5.91 Å². The van der Waals surface area contributed by atoms with Crippen LogP contribution < -0.4 is 10.6 Å². The highest BCUT2D eigenvalue weighted by Crippen LogP contribution is 2.35. The Morgan fingerprint density at radius 1 is 1.22 bits per heavy atom. The fourth-order valence-electron chi connectivity index (χ4n) is 3.95. The maximum atomic E-state index is 12.5. The third-order valence-electron chi connectivity index (χ3n) is 5.40. The standard InChI is InChI=1S/C20H24ClN5O/c21-20-24-18(25-26-20)19(27)23-17-7-6-15(13-8-10-22-11-9-13)12-16(17)14-4-2-1-3-5-14/h4,6-7,12-13,22H,1-3,5,8-11H2,(H,23,27)(H,24,25,26). The zero-order chi connectivity index (χ0) is 18.6. The van der Waals surface area contributed by atoms with Crippen LogP contribution in [0.2, 0.25) is 5.28 Å². The minimum absolute atomic E-state index is 0.0472. The van der Waals surface area contributed by atoms with E-state index in [0.29, 0.717) is 5.92 Å². The van der Waals surface area contributed by atoms with E-state index >= 15 is 0 Å². The number of allylic oxidation sites excluding steroid dienone is 2. The molecule has 1 aromatic carbocycles. The molecule has 1 aromatic heterocycles. The van der Waals surface area contributed by atoms with Crippen LogP contribution >= 0.6 is 11.6 Å². The third kappa shape index (κ3) is 4.22. The molecule has 6 nitrogen and oxygen atoms in total. The zero-order valence-corrected chi connectivity index (χ0v) is 16.0. The molecule has 0 spiro atoms. The van der Waals surface area contributed by atoms with E-state index in [-0.39, 0.29) is 17.0 Å². The number of H-pyrrole nitrogens is 1. The molecule has 0 radical (unpaired) electrons. The number of anilines is 1. The highest BCUT2D eigenvalue weighted by molar-refractivity contribution is 6.28. The van der Waals surface area contributed by atoms with Crippen LogP contribution in [0.15, 0.2) is 24.3 Å². The van der Waals surface area contributed by atoms with E-state index < -0.39 is 0 Å². The summed E-state index contributed by atoms with van der Waals surface area (Å²) in [7, 11) is 0. The largest absolute Gasteiger partial charge is 0.319 e. The number of carbonyl (C=O) groups excluding carboxylic acids is 1. The molecular weight excluding hydrogens is 362 g/mol. The summed E-state index contributed by atoms with van der Waals surface area (Å²) in [4.78, 5) is 16.4. The molecule has 1 amide bonds. The fourth-order valence-corrected chi connectivity index (χ4v) is 4.07. The number of halogens is 1. The lowest BCUT2D eigenvalue weighted by molar-refractivity contribution is 0.101.